The Kier molecular flexibility index (Phi) is 16.0. The van der Waals surface area contributed by atoms with E-state index in [-0.39, 0.29) is 23.3 Å². The zero-order chi connectivity index (χ0) is 53.5. The summed E-state index contributed by atoms with van der Waals surface area (Å²) in [6.07, 6.45) is 4.28. The summed E-state index contributed by atoms with van der Waals surface area (Å²) in [5.41, 5.74) is 11.0. The Hall–Kier alpha value is -7.99. The van der Waals surface area contributed by atoms with E-state index in [4.69, 9.17) is 14.9 Å². The monoisotopic (exact) mass is 1040 g/mol. The van der Waals surface area contributed by atoms with Crippen molar-refractivity contribution in [3.63, 3.8) is 0 Å². The third kappa shape index (κ3) is 12.8. The van der Waals surface area contributed by atoms with Crippen molar-refractivity contribution in [2.45, 2.75) is 84.5 Å². The summed E-state index contributed by atoms with van der Waals surface area (Å²) < 4.78 is 9.24. The van der Waals surface area contributed by atoms with E-state index in [2.05, 4.69) is 109 Å². The molecule has 17 nitrogen and oxygen atoms in total. The number of hydrogen-bond donors (Lipinski definition) is 4. The van der Waals surface area contributed by atoms with Crippen LogP contribution in [-0.4, -0.2) is 126 Å². The highest BCUT2D eigenvalue weighted by Crippen LogP contribution is 2.32. The number of ether oxygens (including phenoxy) is 1. The van der Waals surface area contributed by atoms with Crippen molar-refractivity contribution >= 4 is 52.3 Å². The molecule has 8 aromatic rings. The first-order valence-corrected chi connectivity index (χ1v) is 27.1. The summed E-state index contributed by atoms with van der Waals surface area (Å²) in [6, 6.07) is 44.7. The summed E-state index contributed by atoms with van der Waals surface area (Å²) in [4.78, 5) is 52.1. The minimum atomic E-state index is -0.0627. The molecule has 0 radical (unpaired) electrons. The number of benzene rings is 4. The minimum Gasteiger partial charge on any atom is -0.379 e. The molecule has 6 heterocycles. The Balaban J connectivity index is 0.000000169. The molecule has 4 aromatic carbocycles. The molecule has 12 rings (SSSR count). The summed E-state index contributed by atoms with van der Waals surface area (Å²) in [5.74, 6) is 1.10. The molecule has 4 aliphatic rings. The molecule has 4 fully saturated rings. The third-order valence-corrected chi connectivity index (χ3v) is 14.5. The number of nitrogens with zero attached hydrogens (tertiary/aromatic N) is 9. The van der Waals surface area contributed by atoms with Crippen LogP contribution < -0.4 is 21.3 Å². The molecule has 3 amide bonds. The molecule has 2 saturated heterocycles. The van der Waals surface area contributed by atoms with Crippen LogP contribution in [0.1, 0.15) is 92.1 Å². The molecule has 2 aliphatic carbocycles. The number of amides is 3. The van der Waals surface area contributed by atoms with Gasteiger partial charge in [-0.25, -0.2) is 9.03 Å². The van der Waals surface area contributed by atoms with Crippen LogP contribution in [0.3, 0.4) is 0 Å². The van der Waals surface area contributed by atoms with Gasteiger partial charge in [0.2, 0.25) is 17.8 Å². The van der Waals surface area contributed by atoms with Gasteiger partial charge in [0.1, 0.15) is 0 Å². The number of nitrogens with one attached hydrogen (secondary N) is 4. The van der Waals surface area contributed by atoms with Crippen LogP contribution in [-0.2, 0) is 21.6 Å². The van der Waals surface area contributed by atoms with Crippen LogP contribution in [0.5, 0.6) is 0 Å². The number of hydrogen-bond acceptors (Lipinski definition) is 12. The molecular formula is C60H69N13O4. The second-order valence-corrected chi connectivity index (χ2v) is 20.3. The van der Waals surface area contributed by atoms with Crippen molar-refractivity contribution < 1.29 is 19.1 Å². The van der Waals surface area contributed by atoms with E-state index in [0.717, 1.165) is 130 Å². The molecular weight excluding hydrogens is 967 g/mol. The van der Waals surface area contributed by atoms with Gasteiger partial charge in [-0.2, -0.15) is 9.97 Å². The van der Waals surface area contributed by atoms with Crippen LogP contribution in [0, 0.1) is 0 Å². The number of rotatable bonds is 14. The van der Waals surface area contributed by atoms with Crippen LogP contribution in [0.25, 0.3) is 33.8 Å². The highest BCUT2D eigenvalue weighted by atomic mass is 16.5. The highest BCUT2D eigenvalue weighted by molar-refractivity contribution is 5.95. The molecule has 0 atom stereocenters. The van der Waals surface area contributed by atoms with E-state index in [0.29, 0.717) is 35.1 Å². The van der Waals surface area contributed by atoms with Crippen molar-refractivity contribution in [2.24, 2.45) is 0 Å². The first kappa shape index (κ1) is 52.5. The Morgan fingerprint density at radius 1 is 0.571 bits per heavy atom. The summed E-state index contributed by atoms with van der Waals surface area (Å²) in [5, 5.41) is 22.0. The summed E-state index contributed by atoms with van der Waals surface area (Å²) in [6.45, 7) is 17.9. The second-order valence-electron chi connectivity index (χ2n) is 20.3. The van der Waals surface area contributed by atoms with Crippen LogP contribution in [0.15, 0.2) is 133 Å². The molecule has 0 spiro atoms. The Morgan fingerprint density at radius 2 is 1.03 bits per heavy atom. The molecule has 4 N–H and O–H groups in total. The molecule has 2 saturated carbocycles. The number of pyridine rings is 2. The first-order chi connectivity index (χ1) is 37.5. The maximum absolute atomic E-state index is 12.2. The number of anilines is 4. The smallest absolute Gasteiger partial charge is 0.251 e. The van der Waals surface area contributed by atoms with Crippen molar-refractivity contribution in [3.05, 3.63) is 156 Å². The van der Waals surface area contributed by atoms with E-state index in [1.165, 1.54) is 11.1 Å². The molecule has 0 bridgehead atoms. The average molecular weight is 1040 g/mol. The van der Waals surface area contributed by atoms with E-state index in [9.17, 15) is 14.4 Å². The van der Waals surface area contributed by atoms with E-state index in [1.807, 2.05) is 107 Å². The van der Waals surface area contributed by atoms with Crippen molar-refractivity contribution in [3.8, 4) is 22.5 Å². The Labute approximate surface area is 450 Å². The van der Waals surface area contributed by atoms with Crippen LogP contribution in [0.4, 0.5) is 23.3 Å². The van der Waals surface area contributed by atoms with E-state index >= 15 is 0 Å². The van der Waals surface area contributed by atoms with Gasteiger partial charge in [-0.05, 0) is 123 Å². The maximum atomic E-state index is 12.2. The number of aromatic nitrogens is 6. The van der Waals surface area contributed by atoms with Gasteiger partial charge in [0.15, 0.2) is 11.3 Å². The predicted molar refractivity (Wildman–Crippen MR) is 302 cm³/mol. The average Bonchev–Trinajstić information content (AvgIpc) is 4.39. The van der Waals surface area contributed by atoms with Crippen LogP contribution >= 0.6 is 0 Å². The molecule has 77 heavy (non-hydrogen) atoms. The van der Waals surface area contributed by atoms with Crippen molar-refractivity contribution in [1.82, 2.24) is 54.5 Å². The summed E-state index contributed by atoms with van der Waals surface area (Å²) >= 11 is 0. The van der Waals surface area contributed by atoms with Gasteiger partial charge in [-0.1, -0.05) is 74.5 Å². The van der Waals surface area contributed by atoms with E-state index in [1.54, 1.807) is 6.92 Å². The number of morpholine rings is 1. The number of fused-ring (bicyclic) bond motifs is 2. The molecule has 0 unspecified atom stereocenters. The number of carbonyl (C=O) groups is 3. The maximum Gasteiger partial charge on any atom is 0.251 e. The lowest BCUT2D eigenvalue weighted by atomic mass is 9.90. The molecule has 2 aliphatic heterocycles. The standard InChI is InChI=1S/C29H31N7O2.C29H32N6O2.C2H6/c1-20(37)35-17-15-34(16-18-35)19-21-5-7-22(8-6-21)26-3-2-4-27-32-29(33-36(26)27)31-25-11-9-23(10-12-25)28(38)30-24-13-14-24;1-29(2,34-16-18-37-19-17-34)22-10-6-20(7-11-22)25-4-3-5-26-32-28(33-35(25)26)31-24-12-8-21(9-13-24)27(36)30-23-14-15-23;1-2/h2-12,24H,13-19H2,1H3,(H,30,38)(H,31,33);3-13,23H,14-19H2,1-2H3,(H,30,36)(H,31,33);1-2H3. The van der Waals surface area contributed by atoms with Gasteiger partial charge >= 0.3 is 0 Å². The normalized spacial score (nSPS) is 15.9. The Morgan fingerprint density at radius 3 is 1.47 bits per heavy atom. The van der Waals surface area contributed by atoms with Gasteiger partial charge < -0.3 is 30.9 Å². The molecule has 398 valence electrons. The van der Waals surface area contributed by atoms with Gasteiger partial charge in [0.05, 0.1) is 24.6 Å². The minimum absolute atomic E-state index is 0.0242. The molecule has 17 heteroatoms. The van der Waals surface area contributed by atoms with E-state index < -0.39 is 0 Å². The van der Waals surface area contributed by atoms with Gasteiger partial charge in [-0.3, -0.25) is 24.2 Å². The predicted octanol–water partition coefficient (Wildman–Crippen LogP) is 9.32. The largest absolute Gasteiger partial charge is 0.379 e. The van der Waals surface area contributed by atoms with Crippen molar-refractivity contribution in [2.75, 3.05) is 63.1 Å². The zero-order valence-electron chi connectivity index (χ0n) is 44.7. The SMILES string of the molecule is CC.CC(=O)N1CCN(Cc2ccc(-c3cccc4nc(Nc5ccc(C(=O)NC6CC6)cc5)nn34)cc2)CC1.CC(C)(c1ccc(-c2cccc3nc(Nc4ccc(C(=O)NC5CC5)cc4)nn23)cc1)N1CCOCC1. The lowest BCUT2D eigenvalue weighted by Crippen LogP contribution is -2.47. The first-order valence-electron chi connectivity index (χ1n) is 27.1. The van der Waals surface area contributed by atoms with Gasteiger partial charge in [0, 0.05) is 104 Å². The molecule has 4 aromatic heterocycles. The van der Waals surface area contributed by atoms with Gasteiger partial charge in [-0.15, -0.1) is 10.2 Å². The highest BCUT2D eigenvalue weighted by Gasteiger charge is 2.30. The lowest BCUT2D eigenvalue weighted by Gasteiger charge is -2.41. The Bertz CT molecular complexity index is 3300. The zero-order valence-corrected chi connectivity index (χ0v) is 44.7. The van der Waals surface area contributed by atoms with Gasteiger partial charge in [0.25, 0.3) is 11.8 Å². The number of carbonyl (C=O) groups excluding carboxylic acids is 3. The lowest BCUT2D eigenvalue weighted by molar-refractivity contribution is -0.130. The third-order valence-electron chi connectivity index (χ3n) is 14.5. The number of piperazine rings is 1. The quantitative estimate of drug-likeness (QED) is 0.0813. The second kappa shape index (κ2) is 23.5. The van der Waals surface area contributed by atoms with Crippen molar-refractivity contribution in [1.29, 1.82) is 0 Å². The topological polar surface area (TPSA) is 179 Å². The van der Waals surface area contributed by atoms with Crippen LogP contribution in [0.2, 0.25) is 0 Å². The summed E-state index contributed by atoms with van der Waals surface area (Å²) in [7, 11) is 0. The fraction of sp³-hybridized carbons (Fsp3) is 0.350. The fourth-order valence-electron chi connectivity index (χ4n) is 9.63. The fourth-order valence-corrected chi connectivity index (χ4v) is 9.63.